The number of benzene rings is 2. The molecule has 84 valence electrons. The van der Waals surface area contributed by atoms with E-state index in [0.29, 0.717) is 5.92 Å². The molecule has 0 aliphatic heterocycles. The molecule has 0 spiro atoms. The first-order valence-electron chi connectivity index (χ1n) is 5.51. The van der Waals surface area contributed by atoms with Crippen LogP contribution in [0.3, 0.4) is 0 Å². The summed E-state index contributed by atoms with van der Waals surface area (Å²) in [6, 6.07) is 21.4. The molecule has 0 aliphatic carbocycles. The molecule has 2 aromatic carbocycles. The lowest BCUT2D eigenvalue weighted by molar-refractivity contribution is 0.777. The smallest absolute Gasteiger partial charge is 0.00867 e. The van der Waals surface area contributed by atoms with Crippen molar-refractivity contribution in [3.63, 3.8) is 0 Å². The zero-order valence-electron chi connectivity index (χ0n) is 9.77. The van der Waals surface area contributed by atoms with Crippen LogP contribution >= 0.6 is 0 Å². The first-order chi connectivity index (χ1) is 7.42. The van der Waals surface area contributed by atoms with Gasteiger partial charge in [0.25, 0.3) is 0 Å². The average Bonchev–Trinajstić information content (AvgIpc) is 2.33. The van der Waals surface area contributed by atoms with Crippen LogP contribution < -0.4 is 6.15 Å². The zero-order chi connectivity index (χ0) is 10.5. The van der Waals surface area contributed by atoms with Crippen molar-refractivity contribution in [2.24, 2.45) is 0 Å². The molecular formula is C15H19N. The van der Waals surface area contributed by atoms with Gasteiger partial charge in [0, 0.05) is 5.92 Å². The van der Waals surface area contributed by atoms with Gasteiger partial charge in [-0.1, -0.05) is 67.6 Å². The average molecular weight is 213 g/mol. The van der Waals surface area contributed by atoms with E-state index in [1.54, 1.807) is 0 Å². The van der Waals surface area contributed by atoms with Gasteiger partial charge < -0.3 is 6.15 Å². The van der Waals surface area contributed by atoms with Crippen LogP contribution in [0.15, 0.2) is 60.7 Å². The molecule has 0 saturated heterocycles. The van der Waals surface area contributed by atoms with Gasteiger partial charge in [-0.2, -0.15) is 0 Å². The minimum Gasteiger partial charge on any atom is -0.344 e. The van der Waals surface area contributed by atoms with Gasteiger partial charge >= 0.3 is 0 Å². The second kappa shape index (κ2) is 6.09. The van der Waals surface area contributed by atoms with Crippen LogP contribution in [0.25, 0.3) is 0 Å². The van der Waals surface area contributed by atoms with Crippen LogP contribution in [0.4, 0.5) is 0 Å². The molecule has 0 radical (unpaired) electrons. The van der Waals surface area contributed by atoms with Crippen LogP contribution in [0.2, 0.25) is 0 Å². The molecular weight excluding hydrogens is 194 g/mol. The van der Waals surface area contributed by atoms with Crippen LogP contribution in [0.1, 0.15) is 30.4 Å². The Labute approximate surface area is 97.7 Å². The van der Waals surface area contributed by atoms with Gasteiger partial charge in [0.05, 0.1) is 0 Å². The van der Waals surface area contributed by atoms with Crippen molar-refractivity contribution in [3.05, 3.63) is 71.8 Å². The van der Waals surface area contributed by atoms with Gasteiger partial charge in [-0.05, 0) is 17.5 Å². The SMILES string of the molecule is CCC(c1ccccc1)c1ccccc1.N. The Morgan fingerprint density at radius 3 is 1.44 bits per heavy atom. The summed E-state index contributed by atoms with van der Waals surface area (Å²) in [4.78, 5) is 0. The van der Waals surface area contributed by atoms with E-state index in [1.807, 2.05) is 0 Å². The summed E-state index contributed by atoms with van der Waals surface area (Å²) in [6.07, 6.45) is 1.15. The molecule has 0 amide bonds. The Morgan fingerprint density at radius 2 is 1.12 bits per heavy atom. The highest BCUT2D eigenvalue weighted by atomic mass is 14.1. The van der Waals surface area contributed by atoms with E-state index in [9.17, 15) is 0 Å². The topological polar surface area (TPSA) is 35.0 Å². The zero-order valence-corrected chi connectivity index (χ0v) is 9.77. The van der Waals surface area contributed by atoms with Gasteiger partial charge in [0.2, 0.25) is 0 Å². The third kappa shape index (κ3) is 2.71. The predicted molar refractivity (Wildman–Crippen MR) is 70.0 cm³/mol. The van der Waals surface area contributed by atoms with Crippen molar-refractivity contribution in [1.82, 2.24) is 6.15 Å². The van der Waals surface area contributed by atoms with E-state index in [2.05, 4.69) is 67.6 Å². The molecule has 0 aliphatic rings. The summed E-state index contributed by atoms with van der Waals surface area (Å²) >= 11 is 0. The quantitative estimate of drug-likeness (QED) is 0.806. The van der Waals surface area contributed by atoms with Crippen molar-refractivity contribution in [1.29, 1.82) is 0 Å². The Morgan fingerprint density at radius 1 is 0.750 bits per heavy atom. The van der Waals surface area contributed by atoms with Crippen LogP contribution in [0.5, 0.6) is 0 Å². The van der Waals surface area contributed by atoms with Crippen molar-refractivity contribution in [2.75, 3.05) is 0 Å². The maximum absolute atomic E-state index is 2.24. The fraction of sp³-hybridized carbons (Fsp3) is 0.200. The highest BCUT2D eigenvalue weighted by Crippen LogP contribution is 2.26. The van der Waals surface area contributed by atoms with E-state index in [0.717, 1.165) is 6.42 Å². The van der Waals surface area contributed by atoms with Crippen molar-refractivity contribution >= 4 is 0 Å². The van der Waals surface area contributed by atoms with Gasteiger partial charge in [0.1, 0.15) is 0 Å². The first kappa shape index (κ1) is 12.5. The predicted octanol–water partition coefficient (Wildman–Crippen LogP) is 4.39. The monoisotopic (exact) mass is 213 g/mol. The Balaban J connectivity index is 0.00000128. The normalized spacial score (nSPS) is 9.88. The molecule has 2 rings (SSSR count). The number of hydrogen-bond donors (Lipinski definition) is 1. The van der Waals surface area contributed by atoms with Crippen molar-refractivity contribution in [2.45, 2.75) is 19.3 Å². The molecule has 0 unspecified atom stereocenters. The second-order valence-electron chi connectivity index (χ2n) is 3.78. The highest BCUT2D eigenvalue weighted by molar-refractivity contribution is 5.31. The molecule has 0 aromatic heterocycles. The van der Waals surface area contributed by atoms with Crippen molar-refractivity contribution < 1.29 is 0 Å². The molecule has 1 nitrogen and oxygen atoms in total. The van der Waals surface area contributed by atoms with E-state index in [-0.39, 0.29) is 6.15 Å². The largest absolute Gasteiger partial charge is 0.344 e. The fourth-order valence-corrected chi connectivity index (χ4v) is 2.03. The van der Waals surface area contributed by atoms with Gasteiger partial charge in [-0.15, -0.1) is 0 Å². The van der Waals surface area contributed by atoms with Gasteiger partial charge in [-0.3, -0.25) is 0 Å². The molecule has 0 fully saturated rings. The second-order valence-corrected chi connectivity index (χ2v) is 3.78. The fourth-order valence-electron chi connectivity index (χ4n) is 2.03. The number of hydrogen-bond acceptors (Lipinski definition) is 1. The van der Waals surface area contributed by atoms with Crippen LogP contribution in [0, 0.1) is 0 Å². The molecule has 0 saturated carbocycles. The minimum atomic E-state index is 0. The molecule has 0 heterocycles. The van der Waals surface area contributed by atoms with E-state index >= 15 is 0 Å². The summed E-state index contributed by atoms with van der Waals surface area (Å²) in [6.45, 7) is 2.24. The molecule has 0 atom stereocenters. The summed E-state index contributed by atoms with van der Waals surface area (Å²) in [5.74, 6) is 0.535. The maximum Gasteiger partial charge on any atom is 0.00867 e. The van der Waals surface area contributed by atoms with Gasteiger partial charge in [0.15, 0.2) is 0 Å². The lowest BCUT2D eigenvalue weighted by atomic mass is 9.89. The molecule has 16 heavy (non-hydrogen) atoms. The lowest BCUT2D eigenvalue weighted by Gasteiger charge is -2.15. The Hall–Kier alpha value is -1.60. The summed E-state index contributed by atoms with van der Waals surface area (Å²) in [5.41, 5.74) is 2.82. The third-order valence-electron chi connectivity index (χ3n) is 2.81. The van der Waals surface area contributed by atoms with Gasteiger partial charge in [-0.25, -0.2) is 0 Å². The van der Waals surface area contributed by atoms with E-state index in [1.165, 1.54) is 11.1 Å². The third-order valence-corrected chi connectivity index (χ3v) is 2.81. The van der Waals surface area contributed by atoms with E-state index in [4.69, 9.17) is 0 Å². The summed E-state index contributed by atoms with van der Waals surface area (Å²) < 4.78 is 0. The van der Waals surface area contributed by atoms with Crippen LogP contribution in [-0.4, -0.2) is 0 Å². The summed E-state index contributed by atoms with van der Waals surface area (Å²) in [5, 5.41) is 0. The van der Waals surface area contributed by atoms with Crippen LogP contribution in [-0.2, 0) is 0 Å². The molecule has 0 bridgehead atoms. The number of rotatable bonds is 3. The first-order valence-corrected chi connectivity index (χ1v) is 5.51. The minimum absolute atomic E-state index is 0. The maximum atomic E-state index is 2.24. The Kier molecular flexibility index (Phi) is 4.74. The highest BCUT2D eigenvalue weighted by Gasteiger charge is 2.10. The summed E-state index contributed by atoms with van der Waals surface area (Å²) in [7, 11) is 0. The molecule has 3 N–H and O–H groups in total. The Bertz CT molecular complexity index is 355. The molecule has 1 heteroatoms. The standard InChI is InChI=1S/C15H16.H3N/c1-2-15(13-9-5-3-6-10-13)14-11-7-4-8-12-14;/h3-12,15H,2H2,1H3;1H3. The van der Waals surface area contributed by atoms with Crippen molar-refractivity contribution in [3.8, 4) is 0 Å². The van der Waals surface area contributed by atoms with E-state index < -0.39 is 0 Å². The molecule has 2 aromatic rings. The lowest BCUT2D eigenvalue weighted by Crippen LogP contribution is -1.98.